The van der Waals surface area contributed by atoms with E-state index in [0.29, 0.717) is 17.9 Å². The van der Waals surface area contributed by atoms with Gasteiger partial charge in [0.1, 0.15) is 5.37 Å². The Labute approximate surface area is 165 Å². The van der Waals surface area contributed by atoms with E-state index in [2.05, 4.69) is 12.2 Å². The predicted molar refractivity (Wildman–Crippen MR) is 110 cm³/mol. The molecule has 4 nitrogen and oxygen atoms in total. The second-order valence-corrected chi connectivity index (χ2v) is 8.02. The summed E-state index contributed by atoms with van der Waals surface area (Å²) in [5.74, 6) is 0.608. The summed E-state index contributed by atoms with van der Waals surface area (Å²) < 4.78 is 0. The molecule has 1 aliphatic heterocycles. The minimum atomic E-state index is -0.0428. The Morgan fingerprint density at radius 3 is 2.56 bits per heavy atom. The summed E-state index contributed by atoms with van der Waals surface area (Å²) in [6.45, 7) is 4.74. The van der Waals surface area contributed by atoms with Crippen molar-refractivity contribution in [2.75, 3.05) is 5.75 Å². The van der Waals surface area contributed by atoms with Crippen molar-refractivity contribution in [1.82, 2.24) is 10.2 Å². The molecule has 3 rings (SSSR count). The highest BCUT2D eigenvalue weighted by atomic mass is 32.2. The minimum Gasteiger partial charge on any atom is -0.350 e. The van der Waals surface area contributed by atoms with Gasteiger partial charge in [0.05, 0.1) is 5.75 Å². The molecule has 1 N–H and O–H groups in total. The molecule has 1 heterocycles. The van der Waals surface area contributed by atoms with E-state index in [1.165, 1.54) is 0 Å². The smallest absolute Gasteiger partial charge is 0.251 e. The molecule has 142 valence electrons. The average Bonchev–Trinajstić information content (AvgIpc) is 3.03. The summed E-state index contributed by atoms with van der Waals surface area (Å²) >= 11 is 1.64. The molecule has 5 heteroatoms. The van der Waals surface area contributed by atoms with Gasteiger partial charge in [0.15, 0.2) is 0 Å². The lowest BCUT2D eigenvalue weighted by Gasteiger charge is -2.24. The van der Waals surface area contributed by atoms with Crippen LogP contribution in [0.2, 0.25) is 0 Å². The molecule has 1 aliphatic rings. The molecule has 0 aromatic heterocycles. The van der Waals surface area contributed by atoms with Gasteiger partial charge in [-0.25, -0.2) is 0 Å². The van der Waals surface area contributed by atoms with Crippen molar-refractivity contribution in [3.05, 3.63) is 71.3 Å². The van der Waals surface area contributed by atoms with E-state index >= 15 is 0 Å². The molecular weight excluding hydrogens is 356 g/mol. The summed E-state index contributed by atoms with van der Waals surface area (Å²) in [4.78, 5) is 26.6. The van der Waals surface area contributed by atoms with Crippen LogP contribution in [0.3, 0.4) is 0 Å². The second kappa shape index (κ2) is 9.09. The first-order chi connectivity index (χ1) is 13.1. The van der Waals surface area contributed by atoms with E-state index in [0.717, 1.165) is 24.0 Å². The molecule has 0 aliphatic carbocycles. The SMILES string of the molecule is CCC[C@@H](C)NC(=O)c1ccc([C@H]2SCC(=O)N2Cc2ccccc2)cc1. The van der Waals surface area contributed by atoms with Crippen LogP contribution in [-0.4, -0.2) is 28.5 Å². The largest absolute Gasteiger partial charge is 0.350 e. The standard InChI is InChI=1S/C22H26N2O2S/c1-3-7-16(2)23-21(26)18-10-12-19(13-11-18)22-24(20(25)15-27-22)14-17-8-5-4-6-9-17/h4-6,8-13,16,22H,3,7,14-15H2,1-2H3,(H,23,26)/t16-,22-/m1/s1. The highest BCUT2D eigenvalue weighted by Crippen LogP contribution is 2.39. The monoisotopic (exact) mass is 382 g/mol. The third-order valence-corrected chi connectivity index (χ3v) is 5.98. The maximum atomic E-state index is 12.4. The predicted octanol–water partition coefficient (Wildman–Crippen LogP) is 4.38. The topological polar surface area (TPSA) is 49.4 Å². The Kier molecular flexibility index (Phi) is 6.56. The number of nitrogens with zero attached hydrogens (tertiary/aromatic N) is 1. The Hall–Kier alpha value is -2.27. The number of carbonyl (C=O) groups is 2. The molecule has 0 saturated carbocycles. The molecule has 0 unspecified atom stereocenters. The van der Waals surface area contributed by atoms with Gasteiger partial charge in [0.25, 0.3) is 5.91 Å². The van der Waals surface area contributed by atoms with Gasteiger partial charge >= 0.3 is 0 Å². The van der Waals surface area contributed by atoms with E-state index in [9.17, 15) is 9.59 Å². The molecule has 2 aromatic carbocycles. The average molecular weight is 383 g/mol. The first-order valence-electron chi connectivity index (χ1n) is 9.44. The van der Waals surface area contributed by atoms with Crippen LogP contribution in [0.15, 0.2) is 54.6 Å². The Morgan fingerprint density at radius 1 is 1.19 bits per heavy atom. The second-order valence-electron chi connectivity index (χ2n) is 6.96. The van der Waals surface area contributed by atoms with Crippen LogP contribution in [0.1, 0.15) is 53.5 Å². The quantitative estimate of drug-likeness (QED) is 0.773. The van der Waals surface area contributed by atoms with Crippen molar-refractivity contribution in [3.8, 4) is 0 Å². The van der Waals surface area contributed by atoms with Crippen LogP contribution in [-0.2, 0) is 11.3 Å². The van der Waals surface area contributed by atoms with Gasteiger partial charge in [-0.3, -0.25) is 9.59 Å². The molecule has 1 fully saturated rings. The van der Waals surface area contributed by atoms with Crippen molar-refractivity contribution in [2.45, 2.75) is 44.6 Å². The zero-order chi connectivity index (χ0) is 19.2. The summed E-state index contributed by atoms with van der Waals surface area (Å²) in [5.41, 5.74) is 2.84. The van der Waals surface area contributed by atoms with Crippen LogP contribution < -0.4 is 5.32 Å². The van der Waals surface area contributed by atoms with Gasteiger partial charge in [-0.2, -0.15) is 0 Å². The van der Waals surface area contributed by atoms with Crippen LogP contribution >= 0.6 is 11.8 Å². The van der Waals surface area contributed by atoms with Crippen molar-refractivity contribution < 1.29 is 9.59 Å². The highest BCUT2D eigenvalue weighted by Gasteiger charge is 2.32. The lowest BCUT2D eigenvalue weighted by atomic mass is 10.1. The summed E-state index contributed by atoms with van der Waals surface area (Å²) in [5, 5.41) is 3.02. The molecular formula is C22H26N2O2S. The molecule has 2 amide bonds. The zero-order valence-electron chi connectivity index (χ0n) is 15.9. The van der Waals surface area contributed by atoms with Gasteiger partial charge in [0.2, 0.25) is 5.91 Å². The fourth-order valence-electron chi connectivity index (χ4n) is 3.29. The zero-order valence-corrected chi connectivity index (χ0v) is 16.7. The Morgan fingerprint density at radius 2 is 1.89 bits per heavy atom. The Balaban J connectivity index is 1.70. The number of rotatable bonds is 7. The molecule has 0 bridgehead atoms. The third-order valence-electron chi connectivity index (χ3n) is 4.72. The molecule has 0 spiro atoms. The van der Waals surface area contributed by atoms with Crippen molar-refractivity contribution in [2.24, 2.45) is 0 Å². The molecule has 2 atom stereocenters. The van der Waals surface area contributed by atoms with E-state index in [1.807, 2.05) is 66.4 Å². The first-order valence-corrected chi connectivity index (χ1v) is 10.5. The lowest BCUT2D eigenvalue weighted by molar-refractivity contribution is -0.128. The fourth-order valence-corrected chi connectivity index (χ4v) is 4.48. The van der Waals surface area contributed by atoms with E-state index in [4.69, 9.17) is 0 Å². The summed E-state index contributed by atoms with van der Waals surface area (Å²) in [6, 6.07) is 17.9. The van der Waals surface area contributed by atoms with E-state index in [1.54, 1.807) is 11.8 Å². The number of thioether (sulfide) groups is 1. The van der Waals surface area contributed by atoms with Gasteiger partial charge in [-0.15, -0.1) is 11.8 Å². The molecule has 0 radical (unpaired) electrons. The lowest BCUT2D eigenvalue weighted by Crippen LogP contribution is -2.32. The maximum Gasteiger partial charge on any atom is 0.251 e. The van der Waals surface area contributed by atoms with Gasteiger partial charge in [-0.05, 0) is 36.6 Å². The number of benzene rings is 2. The number of hydrogen-bond acceptors (Lipinski definition) is 3. The van der Waals surface area contributed by atoms with Gasteiger partial charge in [-0.1, -0.05) is 55.8 Å². The van der Waals surface area contributed by atoms with Gasteiger partial charge < -0.3 is 10.2 Å². The van der Waals surface area contributed by atoms with Crippen LogP contribution in [0.5, 0.6) is 0 Å². The summed E-state index contributed by atoms with van der Waals surface area (Å²) in [7, 11) is 0. The highest BCUT2D eigenvalue weighted by molar-refractivity contribution is 8.00. The van der Waals surface area contributed by atoms with Crippen LogP contribution in [0.4, 0.5) is 0 Å². The number of amides is 2. The van der Waals surface area contributed by atoms with E-state index < -0.39 is 0 Å². The van der Waals surface area contributed by atoms with Crippen molar-refractivity contribution >= 4 is 23.6 Å². The van der Waals surface area contributed by atoms with Crippen LogP contribution in [0.25, 0.3) is 0 Å². The van der Waals surface area contributed by atoms with E-state index in [-0.39, 0.29) is 23.2 Å². The number of carbonyl (C=O) groups excluding carboxylic acids is 2. The minimum absolute atomic E-state index is 0.00571. The first kappa shape index (κ1) is 19.5. The van der Waals surface area contributed by atoms with Crippen molar-refractivity contribution in [1.29, 1.82) is 0 Å². The maximum absolute atomic E-state index is 12.4. The molecule has 27 heavy (non-hydrogen) atoms. The number of nitrogens with one attached hydrogen (secondary N) is 1. The summed E-state index contributed by atoms with van der Waals surface area (Å²) in [6.07, 6.45) is 2.02. The normalized spacial score (nSPS) is 17.8. The molecule has 1 saturated heterocycles. The van der Waals surface area contributed by atoms with Crippen LogP contribution in [0, 0.1) is 0 Å². The van der Waals surface area contributed by atoms with Gasteiger partial charge in [0, 0.05) is 18.2 Å². The van der Waals surface area contributed by atoms with Crippen molar-refractivity contribution in [3.63, 3.8) is 0 Å². The number of hydrogen-bond donors (Lipinski definition) is 1. The Bertz CT molecular complexity index is 777. The molecule has 2 aromatic rings. The fraction of sp³-hybridized carbons (Fsp3) is 0.364. The third kappa shape index (κ3) is 4.92.